The lowest BCUT2D eigenvalue weighted by atomic mass is 9.97. The maximum atomic E-state index is 5.75. The predicted molar refractivity (Wildman–Crippen MR) is 129 cm³/mol. The van der Waals surface area contributed by atoms with Crippen LogP contribution in [0.15, 0.2) is 9.41 Å². The van der Waals surface area contributed by atoms with Gasteiger partial charge in [-0.25, -0.2) is 4.98 Å². The number of nitrogens with one attached hydrogen (secondary N) is 2. The van der Waals surface area contributed by atoms with Crippen LogP contribution in [0.4, 0.5) is 0 Å². The Morgan fingerprint density at radius 2 is 1.81 bits per heavy atom. The summed E-state index contributed by atoms with van der Waals surface area (Å²) in [4.78, 5) is 13.9. The number of ether oxygens (including phenoxy) is 1. The first-order valence-corrected chi connectivity index (χ1v) is 12.4. The van der Waals surface area contributed by atoms with Crippen molar-refractivity contribution in [2.75, 3.05) is 52.9 Å². The summed E-state index contributed by atoms with van der Waals surface area (Å²) in [7, 11) is 1.87. The molecule has 2 fully saturated rings. The zero-order valence-electron chi connectivity index (χ0n) is 20.8. The van der Waals surface area contributed by atoms with Crippen LogP contribution in [0.2, 0.25) is 0 Å². The largest absolute Gasteiger partial charge is 0.444 e. The summed E-state index contributed by atoms with van der Waals surface area (Å²) in [6, 6.07) is 0.498. The van der Waals surface area contributed by atoms with E-state index in [1.807, 2.05) is 20.9 Å². The molecule has 2 aliphatic rings. The Labute approximate surface area is 194 Å². The molecular formula is C24H44N6O2. The number of hydrogen-bond acceptors (Lipinski definition) is 6. The average molecular weight is 449 g/mol. The Morgan fingerprint density at radius 1 is 1.12 bits per heavy atom. The molecule has 0 aliphatic carbocycles. The highest BCUT2D eigenvalue weighted by molar-refractivity contribution is 5.79. The van der Waals surface area contributed by atoms with Crippen molar-refractivity contribution in [1.82, 2.24) is 25.4 Å². The molecule has 2 saturated heterocycles. The summed E-state index contributed by atoms with van der Waals surface area (Å²) in [5.41, 5.74) is 1.00. The standard InChI is InChI=1S/C24H44N6O2/c1-18(2)31-15-14-29-12-8-22(9-13-29)28-24(25-5)26-16-21-6-10-30(11-7-21)17-23-27-19(3)20(4)32-23/h18,21-22H,6-17H2,1-5H3,(H2,25,26,28). The van der Waals surface area contributed by atoms with Gasteiger partial charge in [0, 0.05) is 39.3 Å². The van der Waals surface area contributed by atoms with Crippen molar-refractivity contribution in [3.05, 3.63) is 17.3 Å². The molecule has 8 nitrogen and oxygen atoms in total. The van der Waals surface area contributed by atoms with Crippen LogP contribution in [0, 0.1) is 19.8 Å². The van der Waals surface area contributed by atoms with Crippen molar-refractivity contribution >= 4 is 5.96 Å². The third-order valence-corrected chi connectivity index (χ3v) is 6.71. The minimum Gasteiger partial charge on any atom is -0.444 e. The smallest absolute Gasteiger partial charge is 0.208 e. The molecule has 0 radical (unpaired) electrons. The fourth-order valence-electron chi connectivity index (χ4n) is 4.49. The van der Waals surface area contributed by atoms with Crippen LogP contribution in [0.1, 0.15) is 56.9 Å². The number of likely N-dealkylation sites (tertiary alicyclic amines) is 2. The molecule has 1 aromatic heterocycles. The van der Waals surface area contributed by atoms with Gasteiger partial charge in [0.05, 0.1) is 24.9 Å². The van der Waals surface area contributed by atoms with Crippen LogP contribution in [-0.2, 0) is 11.3 Å². The van der Waals surface area contributed by atoms with E-state index >= 15 is 0 Å². The number of aryl methyl sites for hydroxylation is 2. The second kappa shape index (κ2) is 12.6. The molecule has 32 heavy (non-hydrogen) atoms. The number of oxazole rings is 1. The van der Waals surface area contributed by atoms with Crippen LogP contribution < -0.4 is 10.6 Å². The van der Waals surface area contributed by atoms with Gasteiger partial charge >= 0.3 is 0 Å². The van der Waals surface area contributed by atoms with Crippen molar-refractivity contribution in [3.8, 4) is 0 Å². The Balaban J connectivity index is 1.30. The van der Waals surface area contributed by atoms with Crippen LogP contribution in [0.3, 0.4) is 0 Å². The summed E-state index contributed by atoms with van der Waals surface area (Å²) in [6.07, 6.45) is 5.01. The molecule has 0 unspecified atom stereocenters. The lowest BCUT2D eigenvalue weighted by Gasteiger charge is -2.34. The van der Waals surface area contributed by atoms with E-state index in [0.29, 0.717) is 18.1 Å². The number of piperidine rings is 2. The highest BCUT2D eigenvalue weighted by Gasteiger charge is 2.23. The zero-order valence-corrected chi connectivity index (χ0v) is 20.8. The van der Waals surface area contributed by atoms with Crippen molar-refractivity contribution in [2.45, 2.75) is 72.1 Å². The summed E-state index contributed by atoms with van der Waals surface area (Å²) < 4.78 is 11.4. The molecule has 0 saturated carbocycles. The first kappa shape index (κ1) is 25.0. The lowest BCUT2D eigenvalue weighted by Crippen LogP contribution is -2.50. The molecular weight excluding hydrogens is 404 g/mol. The first-order valence-electron chi connectivity index (χ1n) is 12.4. The minimum atomic E-state index is 0.317. The quantitative estimate of drug-likeness (QED) is 0.444. The van der Waals surface area contributed by atoms with E-state index in [1.54, 1.807) is 0 Å². The zero-order chi connectivity index (χ0) is 22.9. The fraction of sp³-hybridized carbons (Fsp3) is 0.833. The molecule has 0 amide bonds. The van der Waals surface area contributed by atoms with Crippen LogP contribution in [0.5, 0.6) is 0 Å². The van der Waals surface area contributed by atoms with E-state index in [2.05, 4.69) is 44.3 Å². The van der Waals surface area contributed by atoms with Gasteiger partial charge in [0.1, 0.15) is 5.76 Å². The van der Waals surface area contributed by atoms with E-state index in [0.717, 1.165) is 88.6 Å². The number of guanidine groups is 1. The molecule has 182 valence electrons. The van der Waals surface area contributed by atoms with E-state index in [1.165, 1.54) is 12.8 Å². The molecule has 0 spiro atoms. The maximum Gasteiger partial charge on any atom is 0.208 e. The number of nitrogens with zero attached hydrogens (tertiary/aromatic N) is 4. The van der Waals surface area contributed by atoms with Crippen molar-refractivity contribution in [1.29, 1.82) is 0 Å². The molecule has 0 aromatic carbocycles. The Kier molecular flexibility index (Phi) is 9.81. The molecule has 1 aromatic rings. The third-order valence-electron chi connectivity index (χ3n) is 6.71. The molecule has 0 bridgehead atoms. The van der Waals surface area contributed by atoms with Crippen molar-refractivity contribution in [2.24, 2.45) is 10.9 Å². The van der Waals surface area contributed by atoms with Gasteiger partial charge in [0.25, 0.3) is 0 Å². The second-order valence-corrected chi connectivity index (χ2v) is 9.60. The van der Waals surface area contributed by atoms with Crippen LogP contribution in [-0.4, -0.2) is 85.8 Å². The van der Waals surface area contributed by atoms with E-state index in [9.17, 15) is 0 Å². The number of aromatic nitrogens is 1. The minimum absolute atomic E-state index is 0.317. The Bertz CT molecular complexity index is 684. The van der Waals surface area contributed by atoms with Gasteiger partial charge in [0.2, 0.25) is 5.89 Å². The van der Waals surface area contributed by atoms with E-state index < -0.39 is 0 Å². The van der Waals surface area contributed by atoms with Gasteiger partial charge in [-0.15, -0.1) is 0 Å². The Morgan fingerprint density at radius 3 is 2.41 bits per heavy atom. The Hall–Kier alpha value is -1.64. The average Bonchev–Trinajstić information content (AvgIpc) is 3.09. The highest BCUT2D eigenvalue weighted by Crippen LogP contribution is 2.19. The first-order chi connectivity index (χ1) is 15.4. The summed E-state index contributed by atoms with van der Waals surface area (Å²) in [5, 5.41) is 7.21. The third kappa shape index (κ3) is 8.05. The molecule has 8 heteroatoms. The molecule has 0 atom stereocenters. The van der Waals surface area contributed by atoms with Gasteiger partial charge in [-0.2, -0.15) is 0 Å². The topological polar surface area (TPSA) is 78.2 Å². The predicted octanol–water partition coefficient (Wildman–Crippen LogP) is 2.56. The van der Waals surface area contributed by atoms with Gasteiger partial charge in [0.15, 0.2) is 5.96 Å². The number of rotatable bonds is 9. The molecule has 3 rings (SSSR count). The van der Waals surface area contributed by atoms with Gasteiger partial charge < -0.3 is 24.7 Å². The highest BCUT2D eigenvalue weighted by atomic mass is 16.5. The molecule has 3 heterocycles. The van der Waals surface area contributed by atoms with E-state index in [-0.39, 0.29) is 0 Å². The summed E-state index contributed by atoms with van der Waals surface area (Å²) >= 11 is 0. The van der Waals surface area contributed by atoms with E-state index in [4.69, 9.17) is 9.15 Å². The maximum absolute atomic E-state index is 5.75. The van der Waals surface area contributed by atoms with Crippen LogP contribution in [0.25, 0.3) is 0 Å². The molecule has 2 N–H and O–H groups in total. The second-order valence-electron chi connectivity index (χ2n) is 9.60. The van der Waals surface area contributed by atoms with Gasteiger partial charge in [-0.1, -0.05) is 0 Å². The number of aliphatic imine (C=N–C) groups is 1. The monoisotopic (exact) mass is 448 g/mol. The fourth-order valence-corrected chi connectivity index (χ4v) is 4.49. The summed E-state index contributed by atoms with van der Waals surface area (Å²) in [6.45, 7) is 16.3. The van der Waals surface area contributed by atoms with Crippen molar-refractivity contribution < 1.29 is 9.15 Å². The number of hydrogen-bond donors (Lipinski definition) is 2. The lowest BCUT2D eigenvalue weighted by molar-refractivity contribution is 0.0532. The normalized spacial score (nSPS) is 20.2. The van der Waals surface area contributed by atoms with Crippen molar-refractivity contribution in [3.63, 3.8) is 0 Å². The van der Waals surface area contributed by atoms with Gasteiger partial charge in [-0.3, -0.25) is 9.89 Å². The molecule has 2 aliphatic heterocycles. The van der Waals surface area contributed by atoms with Crippen LogP contribution >= 0.6 is 0 Å². The summed E-state index contributed by atoms with van der Waals surface area (Å²) in [5.74, 6) is 3.41. The SMILES string of the molecule is CN=C(NCC1CCN(Cc2nc(C)c(C)o2)CC1)NC1CCN(CCOC(C)C)CC1. The van der Waals surface area contributed by atoms with Gasteiger partial charge in [-0.05, 0) is 72.4 Å².